The van der Waals surface area contributed by atoms with Gasteiger partial charge in [-0.2, -0.15) is 0 Å². The predicted octanol–water partition coefficient (Wildman–Crippen LogP) is 3.69. The van der Waals surface area contributed by atoms with E-state index in [9.17, 15) is 14.7 Å². The van der Waals surface area contributed by atoms with Crippen LogP contribution in [-0.4, -0.2) is 51.0 Å². The second kappa shape index (κ2) is 9.59. The van der Waals surface area contributed by atoms with Crippen molar-refractivity contribution in [2.45, 2.75) is 38.0 Å². The van der Waals surface area contributed by atoms with Crippen molar-refractivity contribution in [2.24, 2.45) is 0 Å². The molecule has 1 aliphatic rings. The average molecular weight is 483 g/mol. The molecule has 5 rings (SSSR count). The topological polar surface area (TPSA) is 87.5 Å². The number of fused-ring (bicyclic) bond motifs is 1. The first-order valence-electron chi connectivity index (χ1n) is 12.3. The Morgan fingerprint density at radius 3 is 2.28 bits per heavy atom. The van der Waals surface area contributed by atoms with Crippen LogP contribution in [0.1, 0.15) is 47.1 Å². The van der Waals surface area contributed by atoms with Crippen LogP contribution in [0.25, 0.3) is 11.0 Å². The molecular weight excluding hydrogens is 452 g/mol. The minimum Gasteiger partial charge on any atom is -0.373 e. The van der Waals surface area contributed by atoms with Crippen LogP contribution in [-0.2, 0) is 16.9 Å². The molecule has 0 unspecified atom stereocenters. The van der Waals surface area contributed by atoms with Crippen molar-refractivity contribution in [1.82, 2.24) is 19.8 Å². The zero-order chi connectivity index (χ0) is 25.3. The summed E-state index contributed by atoms with van der Waals surface area (Å²) in [5, 5.41) is 15.3. The lowest BCUT2D eigenvalue weighted by Gasteiger charge is -2.30. The highest BCUT2D eigenvalue weighted by Gasteiger charge is 2.38. The lowest BCUT2D eigenvalue weighted by molar-refractivity contribution is -0.132. The molecule has 1 aromatic heterocycles. The van der Waals surface area contributed by atoms with Gasteiger partial charge < -0.3 is 19.9 Å². The summed E-state index contributed by atoms with van der Waals surface area (Å²) in [6.07, 6.45) is 1.07. The number of hydrogen-bond acceptors (Lipinski definition) is 4. The van der Waals surface area contributed by atoms with Gasteiger partial charge in [0.15, 0.2) is 11.4 Å². The number of aromatic nitrogens is 2. The van der Waals surface area contributed by atoms with Gasteiger partial charge in [-0.25, -0.2) is 4.98 Å². The molecule has 7 nitrogen and oxygen atoms in total. The van der Waals surface area contributed by atoms with Gasteiger partial charge in [-0.1, -0.05) is 60.7 Å². The van der Waals surface area contributed by atoms with Gasteiger partial charge in [0.25, 0.3) is 5.91 Å². The molecule has 1 aliphatic heterocycles. The van der Waals surface area contributed by atoms with Crippen LogP contribution in [0, 0.1) is 0 Å². The Morgan fingerprint density at radius 1 is 1.06 bits per heavy atom. The lowest BCUT2D eigenvalue weighted by atomic mass is 9.85. The first kappa shape index (κ1) is 23.8. The largest absolute Gasteiger partial charge is 0.373 e. The number of aliphatic hydroxyl groups is 1. The van der Waals surface area contributed by atoms with Gasteiger partial charge in [0.05, 0.1) is 11.0 Å². The van der Waals surface area contributed by atoms with Crippen LogP contribution in [0.2, 0.25) is 0 Å². The summed E-state index contributed by atoms with van der Waals surface area (Å²) in [7, 11) is 1.76. The molecule has 1 fully saturated rings. The molecule has 2 N–H and O–H groups in total. The summed E-state index contributed by atoms with van der Waals surface area (Å²) in [6, 6.07) is 24.4. The molecule has 7 heteroatoms. The summed E-state index contributed by atoms with van der Waals surface area (Å²) in [4.78, 5) is 31.4. The Bertz CT molecular complexity index is 1360. The Balaban J connectivity index is 1.56. The van der Waals surface area contributed by atoms with Crippen molar-refractivity contribution in [3.8, 4) is 0 Å². The monoisotopic (exact) mass is 482 g/mol. The normalized spacial score (nSPS) is 16.4. The fourth-order valence-corrected chi connectivity index (χ4v) is 5.04. The third kappa shape index (κ3) is 4.16. The molecule has 0 radical (unpaired) electrons. The Labute approximate surface area is 210 Å². The zero-order valence-corrected chi connectivity index (χ0v) is 20.5. The van der Waals surface area contributed by atoms with Crippen molar-refractivity contribution >= 4 is 22.8 Å². The molecule has 0 aliphatic carbocycles. The van der Waals surface area contributed by atoms with E-state index in [0.717, 1.165) is 16.6 Å². The van der Waals surface area contributed by atoms with E-state index in [-0.39, 0.29) is 17.9 Å². The van der Waals surface area contributed by atoms with Crippen LogP contribution in [0.15, 0.2) is 78.9 Å². The number of likely N-dealkylation sites (tertiary alicyclic amines) is 1. The molecule has 1 atom stereocenters. The minimum absolute atomic E-state index is 0.0798. The van der Waals surface area contributed by atoms with E-state index < -0.39 is 5.60 Å². The second-order valence-electron chi connectivity index (χ2n) is 9.31. The van der Waals surface area contributed by atoms with Crippen molar-refractivity contribution in [1.29, 1.82) is 0 Å². The number of aryl methyl sites for hydroxylation is 1. The Kier molecular flexibility index (Phi) is 6.33. The quantitative estimate of drug-likeness (QED) is 0.439. The van der Waals surface area contributed by atoms with Crippen molar-refractivity contribution in [2.75, 3.05) is 13.6 Å². The number of amides is 2. The Morgan fingerprint density at radius 2 is 1.69 bits per heavy atom. The van der Waals surface area contributed by atoms with E-state index in [0.29, 0.717) is 42.8 Å². The molecule has 2 heterocycles. The van der Waals surface area contributed by atoms with Gasteiger partial charge in [0.1, 0.15) is 0 Å². The number of carbonyl (C=O) groups is 2. The number of nitrogens with zero attached hydrogens (tertiary/aromatic N) is 3. The minimum atomic E-state index is -1.47. The van der Waals surface area contributed by atoms with Gasteiger partial charge in [-0.15, -0.1) is 0 Å². The zero-order valence-electron chi connectivity index (χ0n) is 20.5. The van der Waals surface area contributed by atoms with Crippen LogP contribution in [0.4, 0.5) is 0 Å². The third-order valence-corrected chi connectivity index (χ3v) is 7.00. The molecular formula is C29H30N4O3. The molecule has 0 spiro atoms. The molecule has 3 aromatic carbocycles. The fourth-order valence-electron chi connectivity index (χ4n) is 5.04. The number of imidazole rings is 1. The van der Waals surface area contributed by atoms with E-state index in [1.807, 2.05) is 84.3 Å². The SMILES string of the molecule is CCn1c(C(O)(c2ccccc2)c2ccccc2)nc2ccc(C(=O)N[C@@H]3CCC(=O)N(C)C3)cc21. The van der Waals surface area contributed by atoms with E-state index in [1.165, 1.54) is 0 Å². The van der Waals surface area contributed by atoms with E-state index >= 15 is 0 Å². The number of carbonyl (C=O) groups excluding carboxylic acids is 2. The first-order chi connectivity index (χ1) is 17.4. The van der Waals surface area contributed by atoms with Crippen LogP contribution >= 0.6 is 0 Å². The summed E-state index contributed by atoms with van der Waals surface area (Å²) in [5.74, 6) is 0.421. The smallest absolute Gasteiger partial charge is 0.251 e. The summed E-state index contributed by atoms with van der Waals surface area (Å²) in [5.41, 5.74) is 1.97. The highest BCUT2D eigenvalue weighted by Crippen LogP contribution is 2.37. The van der Waals surface area contributed by atoms with Crippen LogP contribution in [0.5, 0.6) is 0 Å². The van der Waals surface area contributed by atoms with Gasteiger partial charge in [-0.05, 0) is 42.7 Å². The molecule has 36 heavy (non-hydrogen) atoms. The fraction of sp³-hybridized carbons (Fsp3) is 0.276. The summed E-state index contributed by atoms with van der Waals surface area (Å²) in [6.45, 7) is 3.07. The molecule has 4 aromatic rings. The van der Waals surface area contributed by atoms with E-state index in [2.05, 4.69) is 5.32 Å². The van der Waals surface area contributed by atoms with Gasteiger partial charge in [0.2, 0.25) is 5.91 Å². The Hall–Kier alpha value is -3.97. The van der Waals surface area contributed by atoms with Crippen molar-refractivity contribution < 1.29 is 14.7 Å². The van der Waals surface area contributed by atoms with Gasteiger partial charge >= 0.3 is 0 Å². The maximum Gasteiger partial charge on any atom is 0.251 e. The van der Waals surface area contributed by atoms with Crippen molar-refractivity contribution in [3.63, 3.8) is 0 Å². The maximum atomic E-state index is 13.1. The highest BCUT2D eigenvalue weighted by atomic mass is 16.3. The standard InChI is InChI=1S/C29H30N4O3/c1-3-33-25-18-20(27(35)30-23-15-17-26(34)32(2)19-23)14-16-24(25)31-28(33)29(36,21-10-6-4-7-11-21)22-12-8-5-9-13-22/h4-14,16,18,23,36H,3,15,17,19H2,1-2H3,(H,30,35)/t23-/m1/s1. The maximum absolute atomic E-state index is 13.1. The lowest BCUT2D eigenvalue weighted by Crippen LogP contribution is -2.48. The predicted molar refractivity (Wildman–Crippen MR) is 139 cm³/mol. The summed E-state index contributed by atoms with van der Waals surface area (Å²) >= 11 is 0. The summed E-state index contributed by atoms with van der Waals surface area (Å²) < 4.78 is 1.97. The first-order valence-corrected chi connectivity index (χ1v) is 12.3. The number of benzene rings is 3. The number of piperidine rings is 1. The molecule has 2 amide bonds. The number of likely N-dealkylation sites (N-methyl/N-ethyl adjacent to an activating group) is 1. The van der Waals surface area contributed by atoms with Gasteiger partial charge in [0, 0.05) is 38.2 Å². The molecule has 0 saturated carbocycles. The molecule has 184 valence electrons. The molecule has 1 saturated heterocycles. The third-order valence-electron chi connectivity index (χ3n) is 7.00. The second-order valence-corrected chi connectivity index (χ2v) is 9.31. The van der Waals surface area contributed by atoms with Crippen LogP contribution < -0.4 is 5.32 Å². The van der Waals surface area contributed by atoms with Crippen molar-refractivity contribution in [3.05, 3.63) is 101 Å². The van der Waals surface area contributed by atoms with Gasteiger partial charge in [-0.3, -0.25) is 9.59 Å². The number of nitrogens with one attached hydrogen (secondary N) is 1. The average Bonchev–Trinajstić information content (AvgIpc) is 3.29. The number of hydrogen-bond donors (Lipinski definition) is 2. The highest BCUT2D eigenvalue weighted by molar-refractivity contribution is 5.97. The number of rotatable bonds is 6. The van der Waals surface area contributed by atoms with E-state index in [4.69, 9.17) is 4.98 Å². The molecule has 0 bridgehead atoms. The van der Waals surface area contributed by atoms with E-state index in [1.54, 1.807) is 18.0 Å². The van der Waals surface area contributed by atoms with Crippen LogP contribution in [0.3, 0.4) is 0 Å².